The number of aromatic nitrogens is 2. The van der Waals surface area contributed by atoms with E-state index in [9.17, 15) is 4.79 Å². The van der Waals surface area contributed by atoms with Crippen LogP contribution in [-0.4, -0.2) is 21.2 Å². The minimum absolute atomic E-state index is 0.0255. The van der Waals surface area contributed by atoms with E-state index in [2.05, 4.69) is 10.1 Å². The summed E-state index contributed by atoms with van der Waals surface area (Å²) in [5.74, 6) is -0.254. The van der Waals surface area contributed by atoms with E-state index in [1.807, 2.05) is 17.7 Å². The van der Waals surface area contributed by atoms with Crippen molar-refractivity contribution in [2.45, 2.75) is 13.5 Å². The van der Waals surface area contributed by atoms with Crippen molar-refractivity contribution in [2.24, 2.45) is 11.0 Å². The molecule has 1 amide bonds. The maximum atomic E-state index is 12.3. The fraction of sp³-hybridized carbons (Fsp3) is 0.214. The van der Waals surface area contributed by atoms with Crippen LogP contribution in [-0.2, 0) is 11.3 Å². The Morgan fingerprint density at radius 1 is 1.30 bits per heavy atom. The van der Waals surface area contributed by atoms with Crippen LogP contribution in [0.2, 0.25) is 5.02 Å². The van der Waals surface area contributed by atoms with E-state index in [1.54, 1.807) is 36.8 Å². The Morgan fingerprint density at radius 2 is 2.05 bits per heavy atom. The highest BCUT2D eigenvalue weighted by molar-refractivity contribution is 6.30. The lowest BCUT2D eigenvalue weighted by Crippen LogP contribution is -2.26. The third-order valence-corrected chi connectivity index (χ3v) is 3.53. The quantitative estimate of drug-likeness (QED) is 0.871. The summed E-state index contributed by atoms with van der Waals surface area (Å²) in [7, 11) is 0. The van der Waals surface area contributed by atoms with E-state index in [4.69, 9.17) is 11.6 Å². The predicted molar refractivity (Wildman–Crippen MR) is 77.8 cm³/mol. The van der Waals surface area contributed by atoms with Crippen LogP contribution in [0.4, 0.5) is 5.69 Å². The van der Waals surface area contributed by atoms with Gasteiger partial charge in [0, 0.05) is 17.4 Å². The summed E-state index contributed by atoms with van der Waals surface area (Å²) < 4.78 is 1.90. The second kappa shape index (κ2) is 5.09. The van der Waals surface area contributed by atoms with Crippen LogP contribution in [0.5, 0.6) is 0 Å². The number of halogens is 1. The van der Waals surface area contributed by atoms with Crippen LogP contribution in [0.15, 0.2) is 48.1 Å². The van der Waals surface area contributed by atoms with Gasteiger partial charge in [-0.3, -0.25) is 4.79 Å². The molecule has 1 unspecified atom stereocenters. The van der Waals surface area contributed by atoms with Crippen molar-refractivity contribution in [2.75, 3.05) is 5.01 Å². The molecule has 1 aromatic heterocycles. The molecule has 2 aromatic rings. The molecule has 6 heteroatoms. The van der Waals surface area contributed by atoms with E-state index in [0.717, 1.165) is 11.4 Å². The van der Waals surface area contributed by atoms with Gasteiger partial charge < -0.3 is 4.57 Å². The number of amides is 1. The Labute approximate surface area is 121 Å². The van der Waals surface area contributed by atoms with Crippen LogP contribution in [0, 0.1) is 5.92 Å². The van der Waals surface area contributed by atoms with Gasteiger partial charge in [-0.15, -0.1) is 0 Å². The predicted octanol–water partition coefficient (Wildman–Crippen LogP) is 2.58. The minimum Gasteiger partial charge on any atom is -0.332 e. The average Bonchev–Trinajstić information content (AvgIpc) is 3.04. The summed E-state index contributed by atoms with van der Waals surface area (Å²) in [5, 5.41) is 6.51. The number of hydrogen-bond donors (Lipinski definition) is 0. The van der Waals surface area contributed by atoms with Crippen LogP contribution in [0.3, 0.4) is 0 Å². The Morgan fingerprint density at radius 3 is 2.70 bits per heavy atom. The van der Waals surface area contributed by atoms with Crippen LogP contribution in [0.1, 0.15) is 6.92 Å². The molecule has 0 bridgehead atoms. The molecular formula is C14H13ClN4O. The maximum absolute atomic E-state index is 12.3. The van der Waals surface area contributed by atoms with Gasteiger partial charge in [0.15, 0.2) is 0 Å². The van der Waals surface area contributed by atoms with Crippen molar-refractivity contribution in [1.29, 1.82) is 0 Å². The number of anilines is 1. The van der Waals surface area contributed by atoms with Gasteiger partial charge in [-0.1, -0.05) is 11.6 Å². The molecular weight excluding hydrogens is 276 g/mol. The molecule has 1 atom stereocenters. The third kappa shape index (κ3) is 2.32. The molecule has 5 nitrogen and oxygen atoms in total. The van der Waals surface area contributed by atoms with E-state index in [0.29, 0.717) is 11.6 Å². The Kier molecular flexibility index (Phi) is 3.28. The van der Waals surface area contributed by atoms with Gasteiger partial charge in [-0.2, -0.15) is 5.10 Å². The van der Waals surface area contributed by atoms with Crippen molar-refractivity contribution in [3.8, 4) is 0 Å². The molecule has 0 N–H and O–H groups in total. The molecule has 0 aliphatic carbocycles. The topological polar surface area (TPSA) is 50.5 Å². The number of nitrogens with zero attached hydrogens (tertiary/aromatic N) is 4. The largest absolute Gasteiger partial charge is 0.332 e. The second-order valence-electron chi connectivity index (χ2n) is 4.67. The normalized spacial score (nSPS) is 18.5. The smallest absolute Gasteiger partial charge is 0.256 e. The van der Waals surface area contributed by atoms with Gasteiger partial charge in [0.2, 0.25) is 0 Å². The van der Waals surface area contributed by atoms with Gasteiger partial charge in [-0.25, -0.2) is 9.99 Å². The highest BCUT2D eigenvalue weighted by atomic mass is 35.5. The molecule has 20 heavy (non-hydrogen) atoms. The van der Waals surface area contributed by atoms with Gasteiger partial charge >= 0.3 is 0 Å². The first-order chi connectivity index (χ1) is 9.65. The highest BCUT2D eigenvalue weighted by Gasteiger charge is 2.33. The molecule has 1 aliphatic rings. The molecule has 0 saturated heterocycles. The zero-order valence-electron chi connectivity index (χ0n) is 10.9. The van der Waals surface area contributed by atoms with Crippen molar-refractivity contribution in [3.63, 3.8) is 0 Å². The van der Waals surface area contributed by atoms with Crippen molar-refractivity contribution >= 4 is 28.9 Å². The summed E-state index contributed by atoms with van der Waals surface area (Å²) in [6.07, 6.45) is 5.27. The fourth-order valence-corrected chi connectivity index (χ4v) is 2.22. The number of carbonyl (C=O) groups excluding carboxylic acids is 1. The molecule has 1 aliphatic heterocycles. The van der Waals surface area contributed by atoms with Crippen molar-refractivity contribution in [1.82, 2.24) is 9.55 Å². The lowest BCUT2D eigenvalue weighted by Gasteiger charge is -2.12. The number of benzene rings is 1. The summed E-state index contributed by atoms with van der Waals surface area (Å²) in [6, 6.07) is 7.07. The van der Waals surface area contributed by atoms with Crippen LogP contribution < -0.4 is 5.01 Å². The minimum atomic E-state index is -0.229. The van der Waals surface area contributed by atoms with Gasteiger partial charge in [0.1, 0.15) is 0 Å². The third-order valence-electron chi connectivity index (χ3n) is 3.28. The first-order valence-corrected chi connectivity index (χ1v) is 6.65. The molecule has 3 rings (SSSR count). The van der Waals surface area contributed by atoms with Gasteiger partial charge in [0.25, 0.3) is 5.91 Å². The van der Waals surface area contributed by atoms with Gasteiger partial charge in [0.05, 0.1) is 30.2 Å². The molecule has 2 heterocycles. The standard InChI is InChI=1S/C14H13ClN4O/c1-10-13(8-18-7-6-16-9-18)17-19(14(10)20)12-4-2-11(15)3-5-12/h2-7,9-10H,8H2,1H3. The molecule has 0 saturated carbocycles. The number of hydrazone groups is 1. The molecule has 1 aromatic carbocycles. The zero-order valence-corrected chi connectivity index (χ0v) is 11.7. The van der Waals surface area contributed by atoms with E-state index < -0.39 is 0 Å². The maximum Gasteiger partial charge on any atom is 0.256 e. The fourth-order valence-electron chi connectivity index (χ4n) is 2.09. The summed E-state index contributed by atoms with van der Waals surface area (Å²) in [4.78, 5) is 16.3. The van der Waals surface area contributed by atoms with E-state index in [1.165, 1.54) is 5.01 Å². The zero-order chi connectivity index (χ0) is 14.1. The number of carbonyl (C=O) groups is 1. The number of hydrogen-bond acceptors (Lipinski definition) is 3. The Bertz CT molecular complexity index is 648. The summed E-state index contributed by atoms with van der Waals surface area (Å²) in [5.41, 5.74) is 1.55. The van der Waals surface area contributed by atoms with Gasteiger partial charge in [-0.05, 0) is 31.2 Å². The number of rotatable bonds is 3. The van der Waals surface area contributed by atoms with E-state index in [-0.39, 0.29) is 11.8 Å². The molecule has 0 spiro atoms. The molecule has 0 fully saturated rings. The lowest BCUT2D eigenvalue weighted by molar-refractivity contribution is -0.119. The van der Waals surface area contributed by atoms with Crippen LogP contribution >= 0.6 is 11.6 Å². The lowest BCUT2D eigenvalue weighted by atomic mass is 10.1. The Balaban J connectivity index is 1.87. The average molecular weight is 289 g/mol. The number of imidazole rings is 1. The monoisotopic (exact) mass is 288 g/mol. The molecule has 102 valence electrons. The van der Waals surface area contributed by atoms with Crippen LogP contribution in [0.25, 0.3) is 0 Å². The SMILES string of the molecule is CC1C(=O)N(c2ccc(Cl)cc2)N=C1Cn1ccnc1. The summed E-state index contributed by atoms with van der Waals surface area (Å²) >= 11 is 5.86. The first-order valence-electron chi connectivity index (χ1n) is 6.28. The first kappa shape index (κ1) is 12.9. The molecule has 0 radical (unpaired) electrons. The van der Waals surface area contributed by atoms with E-state index >= 15 is 0 Å². The summed E-state index contributed by atoms with van der Waals surface area (Å²) in [6.45, 7) is 2.44. The second-order valence-corrected chi connectivity index (χ2v) is 5.11. The Hall–Kier alpha value is -2.14. The highest BCUT2D eigenvalue weighted by Crippen LogP contribution is 2.25. The van der Waals surface area contributed by atoms with Crippen molar-refractivity contribution < 1.29 is 4.79 Å². The van der Waals surface area contributed by atoms with Crippen molar-refractivity contribution in [3.05, 3.63) is 48.0 Å².